The molecular formula is C19H32Cl2N4O. The molecule has 1 aromatic rings. The quantitative estimate of drug-likeness (QED) is 0.785. The van der Waals surface area contributed by atoms with Crippen molar-refractivity contribution in [2.75, 3.05) is 52.0 Å². The molecule has 0 bridgehead atoms. The van der Waals surface area contributed by atoms with E-state index < -0.39 is 0 Å². The van der Waals surface area contributed by atoms with E-state index in [2.05, 4.69) is 33.9 Å². The summed E-state index contributed by atoms with van der Waals surface area (Å²) in [7, 11) is 2.12. The minimum Gasteiger partial charge on any atom is -0.399 e. The van der Waals surface area contributed by atoms with Gasteiger partial charge in [-0.25, -0.2) is 0 Å². The van der Waals surface area contributed by atoms with Gasteiger partial charge in [0.2, 0.25) is 5.91 Å². The molecule has 0 spiro atoms. The number of hydrogen-bond acceptors (Lipinski definition) is 4. The second-order valence-corrected chi connectivity index (χ2v) is 7.35. The Morgan fingerprint density at radius 1 is 1.08 bits per heavy atom. The highest BCUT2D eigenvalue weighted by molar-refractivity contribution is 5.85. The largest absolute Gasteiger partial charge is 0.399 e. The average Bonchev–Trinajstić information content (AvgIpc) is 2.57. The number of benzene rings is 1. The third kappa shape index (κ3) is 6.62. The van der Waals surface area contributed by atoms with Gasteiger partial charge in [-0.3, -0.25) is 9.69 Å². The molecule has 3 rings (SSSR count). The number of carbonyl (C=O) groups is 1. The molecule has 2 N–H and O–H groups in total. The van der Waals surface area contributed by atoms with E-state index in [1.165, 1.54) is 5.56 Å². The SMILES string of the molecule is CN1CCN(C(=O)CC2CCN(Cc3cccc(N)c3)CC2)CC1.Cl.Cl. The van der Waals surface area contributed by atoms with Crippen molar-refractivity contribution in [3.05, 3.63) is 29.8 Å². The zero-order valence-corrected chi connectivity index (χ0v) is 17.2. The summed E-state index contributed by atoms with van der Waals surface area (Å²) in [6.07, 6.45) is 2.99. The van der Waals surface area contributed by atoms with Crippen molar-refractivity contribution in [1.82, 2.24) is 14.7 Å². The number of nitrogens with two attached hydrogens (primary N) is 1. The third-order valence-corrected chi connectivity index (χ3v) is 5.38. The molecule has 0 saturated carbocycles. The monoisotopic (exact) mass is 402 g/mol. The lowest BCUT2D eigenvalue weighted by Crippen LogP contribution is -2.47. The van der Waals surface area contributed by atoms with E-state index in [4.69, 9.17) is 5.73 Å². The molecule has 26 heavy (non-hydrogen) atoms. The first-order valence-corrected chi connectivity index (χ1v) is 9.13. The molecule has 7 heteroatoms. The van der Waals surface area contributed by atoms with Crippen molar-refractivity contribution in [2.45, 2.75) is 25.8 Å². The Kier molecular flexibility index (Phi) is 9.72. The summed E-state index contributed by atoms with van der Waals surface area (Å²) in [5.41, 5.74) is 7.97. The van der Waals surface area contributed by atoms with Crippen molar-refractivity contribution >= 4 is 36.4 Å². The number of amides is 1. The summed E-state index contributed by atoms with van der Waals surface area (Å²) in [4.78, 5) is 19.3. The van der Waals surface area contributed by atoms with Gasteiger partial charge in [0.1, 0.15) is 0 Å². The lowest BCUT2D eigenvalue weighted by Gasteiger charge is -2.35. The summed E-state index contributed by atoms with van der Waals surface area (Å²) in [6, 6.07) is 8.15. The van der Waals surface area contributed by atoms with Gasteiger partial charge in [-0.05, 0) is 56.6 Å². The van der Waals surface area contributed by atoms with E-state index in [-0.39, 0.29) is 24.8 Å². The molecule has 2 heterocycles. The molecule has 1 amide bonds. The first-order valence-electron chi connectivity index (χ1n) is 9.13. The van der Waals surface area contributed by atoms with Crippen LogP contribution in [0.25, 0.3) is 0 Å². The zero-order chi connectivity index (χ0) is 16.9. The zero-order valence-electron chi connectivity index (χ0n) is 15.6. The molecule has 0 aliphatic carbocycles. The van der Waals surface area contributed by atoms with Gasteiger partial charge < -0.3 is 15.5 Å². The van der Waals surface area contributed by atoms with Gasteiger partial charge in [0, 0.05) is 44.8 Å². The molecule has 2 saturated heterocycles. The number of rotatable bonds is 4. The van der Waals surface area contributed by atoms with E-state index in [0.717, 1.165) is 70.8 Å². The molecule has 2 aliphatic heterocycles. The molecule has 5 nitrogen and oxygen atoms in total. The van der Waals surface area contributed by atoms with E-state index in [1.54, 1.807) is 0 Å². The lowest BCUT2D eigenvalue weighted by atomic mass is 9.92. The Bertz CT molecular complexity index is 556. The van der Waals surface area contributed by atoms with Crippen molar-refractivity contribution in [2.24, 2.45) is 5.92 Å². The van der Waals surface area contributed by atoms with Crippen LogP contribution in [-0.4, -0.2) is 66.9 Å². The fourth-order valence-electron chi connectivity index (χ4n) is 3.73. The predicted octanol–water partition coefficient (Wildman–Crippen LogP) is 2.49. The van der Waals surface area contributed by atoms with Gasteiger partial charge in [-0.2, -0.15) is 0 Å². The Morgan fingerprint density at radius 2 is 1.73 bits per heavy atom. The highest BCUT2D eigenvalue weighted by atomic mass is 35.5. The predicted molar refractivity (Wildman–Crippen MR) is 112 cm³/mol. The summed E-state index contributed by atoms with van der Waals surface area (Å²) < 4.78 is 0. The van der Waals surface area contributed by atoms with Crippen molar-refractivity contribution in [1.29, 1.82) is 0 Å². The van der Waals surface area contributed by atoms with Crippen LogP contribution in [0.2, 0.25) is 0 Å². The summed E-state index contributed by atoms with van der Waals surface area (Å²) in [5.74, 6) is 0.909. The van der Waals surface area contributed by atoms with E-state index in [1.807, 2.05) is 12.1 Å². The molecule has 0 unspecified atom stereocenters. The van der Waals surface area contributed by atoms with Crippen LogP contribution in [0, 0.1) is 5.92 Å². The molecule has 2 aliphatic rings. The average molecular weight is 403 g/mol. The number of nitrogen functional groups attached to an aromatic ring is 1. The number of piperazine rings is 1. The number of anilines is 1. The molecular weight excluding hydrogens is 371 g/mol. The fourth-order valence-corrected chi connectivity index (χ4v) is 3.73. The van der Waals surface area contributed by atoms with E-state index >= 15 is 0 Å². The topological polar surface area (TPSA) is 52.8 Å². The maximum absolute atomic E-state index is 12.5. The molecule has 0 aromatic heterocycles. The number of piperidine rings is 1. The Morgan fingerprint density at radius 3 is 2.35 bits per heavy atom. The molecule has 0 radical (unpaired) electrons. The number of likely N-dealkylation sites (N-methyl/N-ethyl adjacent to an activating group) is 1. The first kappa shape index (κ1) is 23.0. The normalized spacial score (nSPS) is 19.5. The maximum Gasteiger partial charge on any atom is 0.222 e. The molecule has 0 atom stereocenters. The van der Waals surface area contributed by atoms with Gasteiger partial charge >= 0.3 is 0 Å². The standard InChI is InChI=1S/C19H30N4O.2ClH/c1-21-9-11-23(12-10-21)19(24)14-16-5-7-22(8-6-16)15-17-3-2-4-18(20)13-17;;/h2-4,13,16H,5-12,14-15,20H2,1H3;2*1H. The van der Waals surface area contributed by atoms with Gasteiger partial charge in [-0.1, -0.05) is 12.1 Å². The highest BCUT2D eigenvalue weighted by Gasteiger charge is 2.25. The minimum absolute atomic E-state index is 0. The smallest absolute Gasteiger partial charge is 0.222 e. The summed E-state index contributed by atoms with van der Waals surface area (Å²) in [5, 5.41) is 0. The number of likely N-dealkylation sites (tertiary alicyclic amines) is 1. The van der Waals surface area contributed by atoms with Crippen LogP contribution in [0.3, 0.4) is 0 Å². The van der Waals surface area contributed by atoms with Gasteiger partial charge in [-0.15, -0.1) is 24.8 Å². The third-order valence-electron chi connectivity index (χ3n) is 5.38. The summed E-state index contributed by atoms with van der Waals surface area (Å²) >= 11 is 0. The number of carbonyl (C=O) groups excluding carboxylic acids is 1. The van der Waals surface area contributed by atoms with Crippen molar-refractivity contribution in [3.63, 3.8) is 0 Å². The maximum atomic E-state index is 12.5. The minimum atomic E-state index is 0. The number of hydrogen-bond donors (Lipinski definition) is 1. The number of halogens is 2. The van der Waals surface area contributed by atoms with Crippen LogP contribution >= 0.6 is 24.8 Å². The van der Waals surface area contributed by atoms with Crippen LogP contribution in [0.4, 0.5) is 5.69 Å². The molecule has 2 fully saturated rings. The Balaban J connectivity index is 0.00000169. The van der Waals surface area contributed by atoms with E-state index in [0.29, 0.717) is 11.8 Å². The molecule has 1 aromatic carbocycles. The first-order chi connectivity index (χ1) is 11.6. The van der Waals surface area contributed by atoms with E-state index in [9.17, 15) is 4.79 Å². The van der Waals surface area contributed by atoms with Gasteiger partial charge in [0.15, 0.2) is 0 Å². The van der Waals surface area contributed by atoms with Crippen LogP contribution in [0.5, 0.6) is 0 Å². The van der Waals surface area contributed by atoms with Crippen LogP contribution in [0.15, 0.2) is 24.3 Å². The second-order valence-electron chi connectivity index (χ2n) is 7.35. The van der Waals surface area contributed by atoms with Crippen molar-refractivity contribution < 1.29 is 4.79 Å². The second kappa shape index (κ2) is 11.0. The van der Waals surface area contributed by atoms with Gasteiger partial charge in [0.25, 0.3) is 0 Å². The van der Waals surface area contributed by atoms with Gasteiger partial charge in [0.05, 0.1) is 0 Å². The Hall–Kier alpha value is -1.01. The van der Waals surface area contributed by atoms with Crippen LogP contribution < -0.4 is 5.73 Å². The van der Waals surface area contributed by atoms with Crippen LogP contribution in [-0.2, 0) is 11.3 Å². The Labute approximate surface area is 169 Å². The highest BCUT2D eigenvalue weighted by Crippen LogP contribution is 2.23. The van der Waals surface area contributed by atoms with Crippen LogP contribution in [0.1, 0.15) is 24.8 Å². The summed E-state index contributed by atoms with van der Waals surface area (Å²) in [6.45, 7) is 6.91. The molecule has 148 valence electrons. The number of nitrogens with zero attached hydrogens (tertiary/aromatic N) is 3. The fraction of sp³-hybridized carbons (Fsp3) is 0.632. The van der Waals surface area contributed by atoms with Crippen molar-refractivity contribution in [3.8, 4) is 0 Å². The lowest BCUT2D eigenvalue weighted by molar-refractivity contribution is -0.134.